The summed E-state index contributed by atoms with van der Waals surface area (Å²) < 4.78 is 15.8. The van der Waals surface area contributed by atoms with E-state index in [1.807, 2.05) is 42.5 Å². The second-order valence-electron chi connectivity index (χ2n) is 5.83. The zero-order chi connectivity index (χ0) is 19.9. The molecule has 0 saturated carbocycles. The van der Waals surface area contributed by atoms with Crippen molar-refractivity contribution in [3.05, 3.63) is 53.6 Å². The van der Waals surface area contributed by atoms with Gasteiger partial charge in [0, 0.05) is 5.56 Å². The largest absolute Gasteiger partial charge is 0.497 e. The number of benzene rings is 2. The summed E-state index contributed by atoms with van der Waals surface area (Å²) in [5.74, 6) is 2.34. The van der Waals surface area contributed by atoms with Crippen molar-refractivity contribution in [2.24, 2.45) is 10.2 Å². The van der Waals surface area contributed by atoms with Crippen LogP contribution in [0.15, 0.2) is 52.7 Å². The number of thioether (sulfide) groups is 1. The van der Waals surface area contributed by atoms with E-state index < -0.39 is 0 Å². The van der Waals surface area contributed by atoms with E-state index in [1.54, 1.807) is 32.4 Å². The van der Waals surface area contributed by atoms with Gasteiger partial charge >= 0.3 is 0 Å². The maximum atomic E-state index is 12.2. The van der Waals surface area contributed by atoms with Crippen LogP contribution in [0.25, 0.3) is 0 Å². The molecule has 2 aromatic rings. The van der Waals surface area contributed by atoms with E-state index in [0.29, 0.717) is 29.0 Å². The molecule has 7 nitrogen and oxygen atoms in total. The van der Waals surface area contributed by atoms with Crippen LogP contribution < -0.4 is 14.2 Å². The summed E-state index contributed by atoms with van der Waals surface area (Å²) in [6.45, 7) is 0.437. The van der Waals surface area contributed by atoms with E-state index in [9.17, 15) is 4.79 Å². The molecule has 0 atom stereocenters. The minimum absolute atomic E-state index is 0.00808. The van der Waals surface area contributed by atoms with E-state index in [0.717, 1.165) is 16.9 Å². The molecule has 1 aliphatic rings. The number of carbonyl (C=O) groups is 1. The molecule has 28 heavy (non-hydrogen) atoms. The summed E-state index contributed by atoms with van der Waals surface area (Å²) in [4.78, 5) is 13.9. The third kappa shape index (κ3) is 4.45. The van der Waals surface area contributed by atoms with Crippen molar-refractivity contribution in [3.63, 3.8) is 0 Å². The van der Waals surface area contributed by atoms with Gasteiger partial charge in [-0.25, -0.2) is 0 Å². The molecular formula is C20H21N3O4S. The molecule has 3 rings (SSSR count). The first-order chi connectivity index (χ1) is 13.7. The van der Waals surface area contributed by atoms with Gasteiger partial charge in [-0.1, -0.05) is 30.0 Å². The predicted molar refractivity (Wildman–Crippen MR) is 111 cm³/mol. The van der Waals surface area contributed by atoms with Gasteiger partial charge in [0.15, 0.2) is 16.7 Å². The number of hydrogen-bond donors (Lipinski definition) is 0. The van der Waals surface area contributed by atoms with Crippen LogP contribution in [-0.4, -0.2) is 49.3 Å². The SMILES string of the molecule is COc1ccc(CN2C(=O)CS/C2=N/N=C\c2cccc(OC)c2OC)cc1. The number of methoxy groups -OCH3 is 3. The summed E-state index contributed by atoms with van der Waals surface area (Å²) in [6.07, 6.45) is 1.59. The molecule has 0 radical (unpaired) electrons. The van der Waals surface area contributed by atoms with Crippen LogP contribution in [0.1, 0.15) is 11.1 Å². The van der Waals surface area contributed by atoms with E-state index in [1.165, 1.54) is 11.8 Å². The van der Waals surface area contributed by atoms with Crippen LogP contribution in [0.5, 0.6) is 17.2 Å². The Bertz CT molecular complexity index is 897. The van der Waals surface area contributed by atoms with Gasteiger partial charge in [0.1, 0.15) is 5.75 Å². The molecule has 0 aliphatic carbocycles. The quantitative estimate of drug-likeness (QED) is 0.528. The molecule has 1 saturated heterocycles. The fourth-order valence-corrected chi connectivity index (χ4v) is 3.53. The number of para-hydroxylation sites is 1. The lowest BCUT2D eigenvalue weighted by Crippen LogP contribution is -2.28. The molecule has 0 aromatic heterocycles. The maximum absolute atomic E-state index is 12.2. The van der Waals surface area contributed by atoms with Gasteiger partial charge in [-0.05, 0) is 29.8 Å². The highest BCUT2D eigenvalue weighted by Crippen LogP contribution is 2.29. The smallest absolute Gasteiger partial charge is 0.239 e. The van der Waals surface area contributed by atoms with Crippen LogP contribution in [-0.2, 0) is 11.3 Å². The molecule has 8 heteroatoms. The standard InChI is InChI=1S/C20H21N3O4S/c1-25-16-9-7-14(8-10-16)12-23-18(24)13-28-20(23)22-21-11-15-5-4-6-17(26-2)19(15)27-3/h4-11H,12-13H2,1-3H3/b21-11-,22-20+. The van der Waals surface area contributed by atoms with Crippen molar-refractivity contribution in [3.8, 4) is 17.2 Å². The van der Waals surface area contributed by atoms with E-state index >= 15 is 0 Å². The topological polar surface area (TPSA) is 72.7 Å². The third-order valence-electron chi connectivity index (χ3n) is 4.13. The molecule has 0 bridgehead atoms. The number of nitrogens with zero attached hydrogens (tertiary/aromatic N) is 3. The number of rotatable bonds is 7. The number of carbonyl (C=O) groups excluding carboxylic acids is 1. The highest BCUT2D eigenvalue weighted by molar-refractivity contribution is 8.15. The summed E-state index contributed by atoms with van der Waals surface area (Å²) in [5, 5.41) is 8.97. The number of amides is 1. The zero-order valence-corrected chi connectivity index (χ0v) is 16.7. The van der Waals surface area contributed by atoms with Crippen molar-refractivity contribution in [2.45, 2.75) is 6.54 Å². The van der Waals surface area contributed by atoms with Crippen molar-refractivity contribution < 1.29 is 19.0 Å². The molecule has 0 unspecified atom stereocenters. The second-order valence-corrected chi connectivity index (χ2v) is 6.77. The van der Waals surface area contributed by atoms with Crippen molar-refractivity contribution >= 4 is 29.1 Å². The highest BCUT2D eigenvalue weighted by Gasteiger charge is 2.28. The normalized spacial score (nSPS) is 15.5. The Morgan fingerprint density at radius 3 is 2.54 bits per heavy atom. The molecule has 146 valence electrons. The lowest BCUT2D eigenvalue weighted by Gasteiger charge is -2.15. The van der Waals surface area contributed by atoms with Gasteiger partial charge in [-0.3, -0.25) is 9.69 Å². The van der Waals surface area contributed by atoms with Gasteiger partial charge in [0.2, 0.25) is 5.91 Å². The first-order valence-electron chi connectivity index (χ1n) is 8.54. The lowest BCUT2D eigenvalue weighted by atomic mass is 10.2. The Balaban J connectivity index is 1.77. The fraction of sp³-hybridized carbons (Fsp3) is 0.250. The van der Waals surface area contributed by atoms with Gasteiger partial charge < -0.3 is 14.2 Å². The van der Waals surface area contributed by atoms with Crippen LogP contribution >= 0.6 is 11.8 Å². The lowest BCUT2D eigenvalue weighted by molar-refractivity contribution is -0.124. The van der Waals surface area contributed by atoms with E-state index in [2.05, 4.69) is 10.2 Å². The number of hydrogen-bond acceptors (Lipinski definition) is 7. The zero-order valence-electron chi connectivity index (χ0n) is 15.9. The average molecular weight is 399 g/mol. The monoisotopic (exact) mass is 399 g/mol. The molecule has 1 fully saturated rings. The van der Waals surface area contributed by atoms with Crippen LogP contribution in [0, 0.1) is 0 Å². The van der Waals surface area contributed by atoms with E-state index in [-0.39, 0.29) is 5.91 Å². The van der Waals surface area contributed by atoms with Gasteiger partial charge in [0.05, 0.1) is 39.8 Å². The Morgan fingerprint density at radius 1 is 1.07 bits per heavy atom. The van der Waals surface area contributed by atoms with Crippen molar-refractivity contribution in [1.82, 2.24) is 4.90 Å². The third-order valence-corrected chi connectivity index (χ3v) is 5.08. The van der Waals surface area contributed by atoms with Crippen molar-refractivity contribution in [1.29, 1.82) is 0 Å². The van der Waals surface area contributed by atoms with Gasteiger partial charge in [-0.2, -0.15) is 5.10 Å². The summed E-state index contributed by atoms with van der Waals surface area (Å²) in [5.41, 5.74) is 1.73. The average Bonchev–Trinajstić information content (AvgIpc) is 3.07. The predicted octanol–water partition coefficient (Wildman–Crippen LogP) is 3.18. The minimum atomic E-state index is 0.00808. The second kappa shape index (κ2) is 9.27. The molecule has 1 heterocycles. The van der Waals surface area contributed by atoms with Gasteiger partial charge in [-0.15, -0.1) is 5.10 Å². The van der Waals surface area contributed by atoms with Crippen LogP contribution in [0.4, 0.5) is 0 Å². The summed E-state index contributed by atoms with van der Waals surface area (Å²) in [7, 11) is 4.77. The number of amidine groups is 1. The Labute approximate surface area is 168 Å². The molecular weight excluding hydrogens is 378 g/mol. The van der Waals surface area contributed by atoms with Crippen LogP contribution in [0.3, 0.4) is 0 Å². The molecule has 1 amide bonds. The van der Waals surface area contributed by atoms with Crippen molar-refractivity contribution in [2.75, 3.05) is 27.1 Å². The fourth-order valence-electron chi connectivity index (χ4n) is 2.70. The first-order valence-corrected chi connectivity index (χ1v) is 9.53. The molecule has 0 N–H and O–H groups in total. The highest BCUT2D eigenvalue weighted by atomic mass is 32.2. The Kier molecular flexibility index (Phi) is 6.54. The Hall–Kier alpha value is -3.00. The summed E-state index contributed by atoms with van der Waals surface area (Å²) >= 11 is 1.37. The minimum Gasteiger partial charge on any atom is -0.497 e. The Morgan fingerprint density at radius 2 is 1.86 bits per heavy atom. The van der Waals surface area contributed by atoms with Gasteiger partial charge in [0.25, 0.3) is 0 Å². The summed E-state index contributed by atoms with van der Waals surface area (Å²) in [6, 6.07) is 13.1. The molecule has 0 spiro atoms. The first kappa shape index (κ1) is 19.8. The molecule has 1 aliphatic heterocycles. The number of ether oxygens (including phenoxy) is 3. The van der Waals surface area contributed by atoms with Crippen LogP contribution in [0.2, 0.25) is 0 Å². The van der Waals surface area contributed by atoms with E-state index in [4.69, 9.17) is 14.2 Å². The molecule has 2 aromatic carbocycles. The maximum Gasteiger partial charge on any atom is 0.239 e.